The zero-order chi connectivity index (χ0) is 25.9. The number of hydrogen-bond donors (Lipinski definition) is 2. The monoisotopic (exact) mass is 515 g/mol. The van der Waals surface area contributed by atoms with Gasteiger partial charge in [-0.25, -0.2) is 0 Å². The molecule has 3 amide bonds. The van der Waals surface area contributed by atoms with Crippen LogP contribution in [0.3, 0.4) is 0 Å². The lowest BCUT2D eigenvalue weighted by Crippen LogP contribution is -2.46. The average molecular weight is 516 g/mol. The highest BCUT2D eigenvalue weighted by atomic mass is 35.5. The molecule has 0 aliphatic carbocycles. The molecule has 0 radical (unpaired) electrons. The molecule has 186 valence electrons. The zero-order valence-corrected chi connectivity index (χ0v) is 20.5. The number of benzene rings is 2. The Labute approximate surface area is 217 Å². The van der Waals surface area contributed by atoms with Crippen LogP contribution >= 0.6 is 11.6 Å². The smallest absolute Gasteiger partial charge is 0.277 e. The number of halogens is 1. The minimum absolute atomic E-state index is 0.169. The van der Waals surface area contributed by atoms with E-state index in [4.69, 9.17) is 16.1 Å². The topological polar surface area (TPSA) is 117 Å². The van der Waals surface area contributed by atoms with Crippen LogP contribution < -0.4 is 10.6 Å². The second kappa shape index (κ2) is 10.2. The third-order valence-electron chi connectivity index (χ3n) is 5.96. The molecule has 1 aliphatic rings. The Bertz CT molecular complexity index is 1470. The van der Waals surface area contributed by atoms with Crippen molar-refractivity contribution in [2.24, 2.45) is 0 Å². The van der Waals surface area contributed by atoms with Crippen molar-refractivity contribution in [3.05, 3.63) is 106 Å². The number of nitrogens with zero attached hydrogens (tertiary/aromatic N) is 3. The van der Waals surface area contributed by atoms with Crippen molar-refractivity contribution in [3.8, 4) is 0 Å². The molecule has 0 bridgehead atoms. The maximum atomic E-state index is 13.7. The molecule has 37 heavy (non-hydrogen) atoms. The number of carbonyl (C=O) groups excluding carboxylic acids is 3. The summed E-state index contributed by atoms with van der Waals surface area (Å²) in [6.45, 7) is 1.87. The van der Waals surface area contributed by atoms with E-state index < -0.39 is 11.9 Å². The Morgan fingerprint density at radius 2 is 1.92 bits per heavy atom. The quantitative estimate of drug-likeness (QED) is 0.390. The van der Waals surface area contributed by atoms with E-state index in [1.165, 1.54) is 4.90 Å². The molecule has 0 spiro atoms. The van der Waals surface area contributed by atoms with Crippen molar-refractivity contribution >= 4 is 40.7 Å². The number of pyridine rings is 1. The summed E-state index contributed by atoms with van der Waals surface area (Å²) in [6.07, 6.45) is 1.89. The van der Waals surface area contributed by atoms with Crippen molar-refractivity contribution in [1.82, 2.24) is 15.0 Å². The summed E-state index contributed by atoms with van der Waals surface area (Å²) in [5, 5.41) is 9.75. The highest BCUT2D eigenvalue weighted by Gasteiger charge is 2.36. The van der Waals surface area contributed by atoms with Crippen LogP contribution in [0, 0.1) is 6.92 Å². The van der Waals surface area contributed by atoms with E-state index in [9.17, 15) is 14.4 Å². The number of aryl methyl sites for hydroxylation is 1. The van der Waals surface area contributed by atoms with Gasteiger partial charge < -0.3 is 20.1 Å². The van der Waals surface area contributed by atoms with Gasteiger partial charge >= 0.3 is 0 Å². The van der Waals surface area contributed by atoms with Gasteiger partial charge in [0.05, 0.1) is 11.3 Å². The first-order valence-corrected chi connectivity index (χ1v) is 11.9. The summed E-state index contributed by atoms with van der Waals surface area (Å²) in [5.41, 5.74) is 2.92. The molecule has 10 heteroatoms. The lowest BCUT2D eigenvalue weighted by Gasteiger charge is -2.28. The van der Waals surface area contributed by atoms with Crippen LogP contribution in [0.5, 0.6) is 0 Å². The molecule has 4 aromatic rings. The second-order valence-corrected chi connectivity index (χ2v) is 9.06. The summed E-state index contributed by atoms with van der Waals surface area (Å²) in [7, 11) is 0. The Kier molecular flexibility index (Phi) is 6.70. The summed E-state index contributed by atoms with van der Waals surface area (Å²) >= 11 is 6.12. The number of amides is 3. The maximum Gasteiger partial charge on any atom is 0.277 e. The molecule has 1 atom stereocenters. The van der Waals surface area contributed by atoms with Crippen LogP contribution in [-0.2, 0) is 17.8 Å². The number of anilines is 2. The molecule has 2 N–H and O–H groups in total. The van der Waals surface area contributed by atoms with Gasteiger partial charge in [0.15, 0.2) is 5.69 Å². The number of aromatic nitrogens is 2. The van der Waals surface area contributed by atoms with Crippen LogP contribution in [0.4, 0.5) is 11.4 Å². The van der Waals surface area contributed by atoms with E-state index in [2.05, 4.69) is 20.8 Å². The van der Waals surface area contributed by atoms with E-state index in [1.807, 2.05) is 12.1 Å². The van der Waals surface area contributed by atoms with E-state index in [1.54, 1.807) is 67.7 Å². The highest BCUT2D eigenvalue weighted by molar-refractivity contribution is 6.31. The normalized spacial score (nSPS) is 15.1. The third kappa shape index (κ3) is 5.36. The maximum absolute atomic E-state index is 13.7. The summed E-state index contributed by atoms with van der Waals surface area (Å²) < 4.78 is 4.95. The summed E-state index contributed by atoms with van der Waals surface area (Å²) in [5.74, 6) is -0.484. The predicted octanol–water partition coefficient (Wildman–Crippen LogP) is 4.49. The number of rotatable bonds is 6. The van der Waals surface area contributed by atoms with Crippen LogP contribution in [0.1, 0.15) is 37.9 Å². The molecule has 3 heterocycles. The molecule has 0 fully saturated rings. The lowest BCUT2D eigenvalue weighted by molar-refractivity contribution is -0.120. The molecule has 2 aromatic heterocycles. The molecular formula is C27H22ClN5O4. The summed E-state index contributed by atoms with van der Waals surface area (Å²) in [6, 6.07) is 18.0. The Hall–Kier alpha value is -4.50. The number of fused-ring (bicyclic) bond motifs is 1. The van der Waals surface area contributed by atoms with Gasteiger partial charge in [0.2, 0.25) is 5.91 Å². The number of carbonyl (C=O) groups is 3. The molecule has 1 unspecified atom stereocenters. The van der Waals surface area contributed by atoms with Crippen LogP contribution in [0.15, 0.2) is 77.4 Å². The lowest BCUT2D eigenvalue weighted by atomic mass is 10.1. The minimum Gasteiger partial charge on any atom is -0.361 e. The molecule has 9 nitrogen and oxygen atoms in total. The predicted molar refractivity (Wildman–Crippen MR) is 137 cm³/mol. The van der Waals surface area contributed by atoms with Gasteiger partial charge in [0.25, 0.3) is 11.8 Å². The first kappa shape index (κ1) is 24.2. The zero-order valence-electron chi connectivity index (χ0n) is 19.8. The summed E-state index contributed by atoms with van der Waals surface area (Å²) in [4.78, 5) is 45.2. The minimum atomic E-state index is -0.802. The van der Waals surface area contributed by atoms with Crippen LogP contribution in [0.25, 0.3) is 0 Å². The van der Waals surface area contributed by atoms with Gasteiger partial charge in [-0.15, -0.1) is 0 Å². The van der Waals surface area contributed by atoms with Gasteiger partial charge in [-0.05, 0) is 55.0 Å². The van der Waals surface area contributed by atoms with Gasteiger partial charge in [0, 0.05) is 41.6 Å². The molecule has 2 aromatic carbocycles. The molecule has 0 saturated carbocycles. The molecule has 1 aliphatic heterocycles. The fourth-order valence-corrected chi connectivity index (χ4v) is 4.29. The molecule has 0 saturated heterocycles. The number of nitrogens with one attached hydrogen (secondary N) is 2. The van der Waals surface area contributed by atoms with E-state index in [-0.39, 0.29) is 30.5 Å². The Morgan fingerprint density at radius 3 is 2.62 bits per heavy atom. The standard InChI is InChI=1S/C27H22ClN5O4/c1-16-12-23(32-37-16)25(34)30-19-8-5-17(6-9-19)15-33-24(14-20-4-2-3-11-29-20)26(35)31-22-13-18(28)7-10-21(22)27(33)36/h2-13,24H,14-15H2,1H3,(H,30,34)(H,31,35). The first-order valence-electron chi connectivity index (χ1n) is 11.5. The first-order chi connectivity index (χ1) is 17.9. The largest absolute Gasteiger partial charge is 0.361 e. The van der Waals surface area contributed by atoms with Crippen LogP contribution in [0.2, 0.25) is 5.02 Å². The molecular weight excluding hydrogens is 494 g/mol. The fourth-order valence-electron chi connectivity index (χ4n) is 4.12. The second-order valence-electron chi connectivity index (χ2n) is 8.63. The van der Waals surface area contributed by atoms with Gasteiger partial charge in [-0.2, -0.15) is 0 Å². The van der Waals surface area contributed by atoms with E-state index in [0.717, 1.165) is 5.56 Å². The van der Waals surface area contributed by atoms with Crippen molar-refractivity contribution in [2.75, 3.05) is 10.6 Å². The van der Waals surface area contributed by atoms with Gasteiger partial charge in [-0.1, -0.05) is 35.0 Å². The van der Waals surface area contributed by atoms with E-state index >= 15 is 0 Å². The number of hydrogen-bond acceptors (Lipinski definition) is 6. The average Bonchev–Trinajstić information content (AvgIpc) is 3.30. The van der Waals surface area contributed by atoms with Gasteiger partial charge in [0.1, 0.15) is 11.8 Å². The van der Waals surface area contributed by atoms with Crippen LogP contribution in [-0.4, -0.2) is 38.8 Å². The third-order valence-corrected chi connectivity index (χ3v) is 6.20. The van der Waals surface area contributed by atoms with Crippen molar-refractivity contribution in [1.29, 1.82) is 0 Å². The Morgan fingerprint density at radius 1 is 1.11 bits per heavy atom. The van der Waals surface area contributed by atoms with Crippen molar-refractivity contribution in [2.45, 2.75) is 25.9 Å². The fraction of sp³-hybridized carbons (Fsp3) is 0.148. The van der Waals surface area contributed by atoms with Crippen molar-refractivity contribution < 1.29 is 18.9 Å². The SMILES string of the molecule is Cc1cc(C(=O)Nc2ccc(CN3C(=O)c4ccc(Cl)cc4NC(=O)C3Cc3ccccn3)cc2)no1. The van der Waals surface area contributed by atoms with Gasteiger partial charge in [-0.3, -0.25) is 19.4 Å². The Balaban J connectivity index is 1.41. The van der Waals surface area contributed by atoms with Crippen molar-refractivity contribution in [3.63, 3.8) is 0 Å². The highest BCUT2D eigenvalue weighted by Crippen LogP contribution is 2.29. The van der Waals surface area contributed by atoms with E-state index in [0.29, 0.717) is 33.4 Å². The molecule has 5 rings (SSSR count).